The highest BCUT2D eigenvalue weighted by molar-refractivity contribution is 9.10. The number of hydrogen-bond donors (Lipinski definition) is 0. The van der Waals surface area contributed by atoms with E-state index in [4.69, 9.17) is 4.74 Å². The van der Waals surface area contributed by atoms with E-state index in [2.05, 4.69) is 39.7 Å². The van der Waals surface area contributed by atoms with Crippen molar-refractivity contribution >= 4 is 32.8 Å². The molecule has 2 aromatic rings. The molecule has 0 atom stereocenters. The average Bonchev–Trinajstić information content (AvgIpc) is 2.53. The van der Waals surface area contributed by atoms with Crippen LogP contribution in [0.4, 0.5) is 0 Å². The van der Waals surface area contributed by atoms with Crippen molar-refractivity contribution in [3.63, 3.8) is 0 Å². The van der Waals surface area contributed by atoms with E-state index in [1.165, 1.54) is 7.11 Å². The molecule has 4 nitrogen and oxygen atoms in total. The Labute approximate surface area is 140 Å². The van der Waals surface area contributed by atoms with Crippen LogP contribution in [0, 0.1) is 5.92 Å². The van der Waals surface area contributed by atoms with Crippen molar-refractivity contribution in [3.8, 4) is 0 Å². The van der Waals surface area contributed by atoms with Crippen LogP contribution in [-0.4, -0.2) is 23.0 Å². The fourth-order valence-corrected chi connectivity index (χ4v) is 2.29. The van der Waals surface area contributed by atoms with Crippen LogP contribution in [0.15, 0.2) is 22.7 Å². The minimum atomic E-state index is -0.429. The lowest BCUT2D eigenvalue weighted by Crippen LogP contribution is -2.10. The van der Waals surface area contributed by atoms with Crippen LogP contribution in [0.5, 0.6) is 0 Å². The zero-order valence-corrected chi connectivity index (χ0v) is 15.4. The van der Waals surface area contributed by atoms with Gasteiger partial charge < -0.3 is 4.74 Å². The SMILES string of the molecule is CC.COC(=O)c1nc(CCC(C)C)nc2ccc(Br)cc12. The molecular weight excluding hydrogens is 344 g/mol. The Bertz CT molecular complexity index is 642. The molecule has 0 fully saturated rings. The molecule has 0 radical (unpaired) electrons. The van der Waals surface area contributed by atoms with Crippen molar-refractivity contribution in [2.24, 2.45) is 5.92 Å². The minimum absolute atomic E-state index is 0.331. The minimum Gasteiger partial charge on any atom is -0.464 e. The van der Waals surface area contributed by atoms with E-state index in [1.807, 2.05) is 32.0 Å². The summed E-state index contributed by atoms with van der Waals surface area (Å²) < 4.78 is 5.70. The Morgan fingerprint density at radius 1 is 1.27 bits per heavy atom. The summed E-state index contributed by atoms with van der Waals surface area (Å²) in [4.78, 5) is 20.8. The smallest absolute Gasteiger partial charge is 0.357 e. The largest absolute Gasteiger partial charge is 0.464 e. The molecule has 0 saturated carbocycles. The molecule has 0 N–H and O–H groups in total. The van der Waals surface area contributed by atoms with Gasteiger partial charge in [0.05, 0.1) is 12.6 Å². The van der Waals surface area contributed by atoms with Gasteiger partial charge in [-0.1, -0.05) is 43.6 Å². The van der Waals surface area contributed by atoms with Crippen molar-refractivity contribution in [3.05, 3.63) is 34.2 Å². The van der Waals surface area contributed by atoms with Gasteiger partial charge in [0, 0.05) is 16.3 Å². The number of aryl methyl sites for hydroxylation is 1. The van der Waals surface area contributed by atoms with Gasteiger partial charge in [-0.3, -0.25) is 0 Å². The van der Waals surface area contributed by atoms with Gasteiger partial charge >= 0.3 is 5.97 Å². The third kappa shape index (κ3) is 4.77. The van der Waals surface area contributed by atoms with Gasteiger partial charge in [0.25, 0.3) is 0 Å². The maximum Gasteiger partial charge on any atom is 0.357 e. The van der Waals surface area contributed by atoms with Crippen molar-refractivity contribution in [2.45, 2.75) is 40.5 Å². The monoisotopic (exact) mass is 366 g/mol. The highest BCUT2D eigenvalue weighted by atomic mass is 79.9. The van der Waals surface area contributed by atoms with E-state index in [-0.39, 0.29) is 0 Å². The van der Waals surface area contributed by atoms with Gasteiger partial charge in [0.2, 0.25) is 0 Å². The van der Waals surface area contributed by atoms with Crippen LogP contribution >= 0.6 is 15.9 Å². The summed E-state index contributed by atoms with van der Waals surface area (Å²) in [7, 11) is 1.36. The predicted octanol–water partition coefficient (Wildman–Crippen LogP) is 4.79. The van der Waals surface area contributed by atoms with Crippen LogP contribution in [0.2, 0.25) is 0 Å². The number of hydrogen-bond acceptors (Lipinski definition) is 4. The molecule has 0 aliphatic rings. The van der Waals surface area contributed by atoms with E-state index in [0.717, 1.165) is 22.8 Å². The number of carbonyl (C=O) groups is 1. The molecule has 2 rings (SSSR count). The number of halogens is 1. The maximum absolute atomic E-state index is 11.9. The second kappa shape index (κ2) is 8.83. The normalized spacial score (nSPS) is 10.3. The Balaban J connectivity index is 0.00000116. The first-order chi connectivity index (χ1) is 10.5. The third-order valence-electron chi connectivity index (χ3n) is 3.03. The van der Waals surface area contributed by atoms with E-state index in [9.17, 15) is 4.79 Å². The van der Waals surface area contributed by atoms with Gasteiger partial charge in [-0.25, -0.2) is 14.8 Å². The number of fused-ring (bicyclic) bond motifs is 1. The standard InChI is InChI=1S/C15H17BrN2O2.C2H6/c1-9(2)4-7-13-17-12-6-5-10(16)8-11(12)14(18-13)15(19)20-3;1-2/h5-6,8-9H,4,7H2,1-3H3;1-2H3. The Hall–Kier alpha value is -1.49. The number of benzene rings is 1. The Kier molecular flexibility index (Phi) is 7.45. The number of rotatable bonds is 4. The van der Waals surface area contributed by atoms with Gasteiger partial charge in [-0.2, -0.15) is 0 Å². The quantitative estimate of drug-likeness (QED) is 0.729. The topological polar surface area (TPSA) is 52.1 Å². The van der Waals surface area contributed by atoms with Gasteiger partial charge in [-0.05, 0) is 30.5 Å². The lowest BCUT2D eigenvalue weighted by molar-refractivity contribution is 0.0596. The van der Waals surface area contributed by atoms with Crippen molar-refractivity contribution in [2.75, 3.05) is 7.11 Å². The molecule has 1 aromatic heterocycles. The molecule has 0 aliphatic heterocycles. The zero-order chi connectivity index (χ0) is 16.7. The first-order valence-electron chi connectivity index (χ1n) is 7.55. The number of aromatic nitrogens is 2. The zero-order valence-electron chi connectivity index (χ0n) is 13.8. The van der Waals surface area contributed by atoms with Crippen molar-refractivity contribution in [1.82, 2.24) is 9.97 Å². The molecule has 0 unspecified atom stereocenters. The van der Waals surface area contributed by atoms with E-state index in [0.29, 0.717) is 22.8 Å². The summed E-state index contributed by atoms with van der Waals surface area (Å²) >= 11 is 3.40. The van der Waals surface area contributed by atoms with Crippen LogP contribution in [0.1, 0.15) is 50.4 Å². The molecule has 0 bridgehead atoms. The predicted molar refractivity (Wildman–Crippen MR) is 93.1 cm³/mol. The van der Waals surface area contributed by atoms with Gasteiger partial charge in [-0.15, -0.1) is 0 Å². The molecule has 5 heteroatoms. The Morgan fingerprint density at radius 3 is 2.55 bits per heavy atom. The number of esters is 1. The average molecular weight is 367 g/mol. The van der Waals surface area contributed by atoms with Crippen LogP contribution in [-0.2, 0) is 11.2 Å². The van der Waals surface area contributed by atoms with Crippen molar-refractivity contribution in [1.29, 1.82) is 0 Å². The first-order valence-corrected chi connectivity index (χ1v) is 8.35. The molecule has 0 aliphatic carbocycles. The van der Waals surface area contributed by atoms with E-state index in [1.54, 1.807) is 0 Å². The molecular formula is C17H23BrN2O2. The summed E-state index contributed by atoms with van der Waals surface area (Å²) in [5, 5.41) is 0.708. The summed E-state index contributed by atoms with van der Waals surface area (Å²) in [6, 6.07) is 5.63. The number of carbonyl (C=O) groups excluding carboxylic acids is 1. The Morgan fingerprint density at radius 2 is 1.95 bits per heavy atom. The third-order valence-corrected chi connectivity index (χ3v) is 3.52. The summed E-state index contributed by atoms with van der Waals surface area (Å²) in [6.45, 7) is 8.30. The van der Waals surface area contributed by atoms with E-state index < -0.39 is 5.97 Å². The lowest BCUT2D eigenvalue weighted by Gasteiger charge is -2.08. The van der Waals surface area contributed by atoms with Crippen LogP contribution < -0.4 is 0 Å². The number of methoxy groups -OCH3 is 1. The number of ether oxygens (including phenoxy) is 1. The highest BCUT2D eigenvalue weighted by Crippen LogP contribution is 2.22. The molecule has 0 saturated heterocycles. The van der Waals surface area contributed by atoms with Gasteiger partial charge in [0.15, 0.2) is 5.69 Å². The van der Waals surface area contributed by atoms with E-state index >= 15 is 0 Å². The summed E-state index contributed by atoms with van der Waals surface area (Å²) in [5.41, 5.74) is 1.10. The fourth-order valence-electron chi connectivity index (χ4n) is 1.93. The lowest BCUT2D eigenvalue weighted by atomic mass is 10.1. The summed E-state index contributed by atoms with van der Waals surface area (Å²) in [5.74, 6) is 0.830. The van der Waals surface area contributed by atoms with Gasteiger partial charge in [0.1, 0.15) is 5.82 Å². The molecule has 0 spiro atoms. The van der Waals surface area contributed by atoms with Crippen molar-refractivity contribution < 1.29 is 9.53 Å². The fraction of sp³-hybridized carbons (Fsp3) is 0.471. The first kappa shape index (κ1) is 18.6. The highest BCUT2D eigenvalue weighted by Gasteiger charge is 2.15. The molecule has 120 valence electrons. The van der Waals surface area contributed by atoms with Crippen LogP contribution in [0.25, 0.3) is 10.9 Å². The second-order valence-corrected chi connectivity index (χ2v) is 5.99. The summed E-state index contributed by atoms with van der Waals surface area (Å²) in [6.07, 6.45) is 1.75. The molecule has 1 aromatic carbocycles. The molecule has 1 heterocycles. The second-order valence-electron chi connectivity index (χ2n) is 5.07. The number of nitrogens with zero attached hydrogens (tertiary/aromatic N) is 2. The maximum atomic E-state index is 11.9. The van der Waals surface area contributed by atoms with Crippen LogP contribution in [0.3, 0.4) is 0 Å². The molecule has 0 amide bonds. The molecule has 22 heavy (non-hydrogen) atoms.